The van der Waals surface area contributed by atoms with Gasteiger partial charge in [-0.05, 0) is 48.9 Å². The van der Waals surface area contributed by atoms with E-state index in [0.717, 1.165) is 16.5 Å². The summed E-state index contributed by atoms with van der Waals surface area (Å²) in [6, 6.07) is 20.4. The van der Waals surface area contributed by atoms with Gasteiger partial charge in [-0.15, -0.1) is 0 Å². The van der Waals surface area contributed by atoms with Crippen LogP contribution in [0.3, 0.4) is 0 Å². The molecular formula is C24H18ClN5OS. The molecule has 0 saturated heterocycles. The molecule has 2 aromatic heterocycles. The van der Waals surface area contributed by atoms with Crippen LogP contribution in [0.15, 0.2) is 76.7 Å². The van der Waals surface area contributed by atoms with Crippen molar-refractivity contribution < 1.29 is 0 Å². The molecule has 0 aliphatic heterocycles. The minimum atomic E-state index is -0.151. The summed E-state index contributed by atoms with van der Waals surface area (Å²) in [5.41, 5.74) is 8.91. The zero-order valence-electron chi connectivity index (χ0n) is 17.1. The van der Waals surface area contributed by atoms with E-state index in [2.05, 4.69) is 9.97 Å². The van der Waals surface area contributed by atoms with Crippen LogP contribution in [0.5, 0.6) is 0 Å². The molecule has 2 heterocycles. The summed E-state index contributed by atoms with van der Waals surface area (Å²) < 4.78 is 1.61. The van der Waals surface area contributed by atoms with Crippen molar-refractivity contribution in [2.45, 2.75) is 17.8 Å². The number of nitrogen functional groups attached to an aromatic ring is 1. The predicted molar refractivity (Wildman–Crippen MR) is 131 cm³/mol. The second-order valence-electron chi connectivity index (χ2n) is 7.27. The second kappa shape index (κ2) is 8.26. The van der Waals surface area contributed by atoms with Gasteiger partial charge < -0.3 is 5.73 Å². The van der Waals surface area contributed by atoms with Gasteiger partial charge in [0.2, 0.25) is 0 Å². The predicted octanol–water partition coefficient (Wildman–Crippen LogP) is 5.17. The number of hydrogen-bond donors (Lipinski definition) is 1. The number of anilines is 1. The monoisotopic (exact) mass is 459 g/mol. The first-order valence-corrected chi connectivity index (χ1v) is 11.3. The number of benzene rings is 3. The summed E-state index contributed by atoms with van der Waals surface area (Å²) in [6.07, 6.45) is 0. The summed E-state index contributed by atoms with van der Waals surface area (Å²) in [7, 11) is 0. The van der Waals surface area contributed by atoms with Crippen molar-refractivity contribution in [2.75, 3.05) is 5.73 Å². The number of thioether (sulfide) groups is 1. The first-order valence-electron chi connectivity index (χ1n) is 9.94. The van der Waals surface area contributed by atoms with Crippen molar-refractivity contribution in [3.63, 3.8) is 0 Å². The van der Waals surface area contributed by atoms with Crippen molar-refractivity contribution in [1.82, 2.24) is 19.5 Å². The summed E-state index contributed by atoms with van der Waals surface area (Å²) in [5.74, 6) is 1.41. The lowest BCUT2D eigenvalue weighted by atomic mass is 10.2. The lowest BCUT2D eigenvalue weighted by Crippen LogP contribution is -2.22. The van der Waals surface area contributed by atoms with E-state index >= 15 is 0 Å². The quantitative estimate of drug-likeness (QED) is 0.295. The maximum atomic E-state index is 13.5. The third kappa shape index (κ3) is 3.59. The van der Waals surface area contributed by atoms with Gasteiger partial charge in [0.15, 0.2) is 5.16 Å². The topological polar surface area (TPSA) is 86.7 Å². The molecule has 0 amide bonds. The van der Waals surface area contributed by atoms with Crippen LogP contribution < -0.4 is 11.3 Å². The highest BCUT2D eigenvalue weighted by Gasteiger charge is 2.17. The number of hydrogen-bond acceptors (Lipinski definition) is 6. The first-order chi connectivity index (χ1) is 15.5. The molecule has 0 aliphatic carbocycles. The maximum Gasteiger partial charge on any atom is 0.266 e. The van der Waals surface area contributed by atoms with E-state index in [1.54, 1.807) is 16.7 Å². The van der Waals surface area contributed by atoms with Gasteiger partial charge in [0.25, 0.3) is 5.56 Å². The van der Waals surface area contributed by atoms with Gasteiger partial charge in [0.05, 0.1) is 27.9 Å². The molecule has 0 aliphatic rings. The molecule has 6 nitrogen and oxygen atoms in total. The summed E-state index contributed by atoms with van der Waals surface area (Å²) in [5, 5.41) is 2.48. The third-order valence-corrected chi connectivity index (χ3v) is 6.58. The van der Waals surface area contributed by atoms with Crippen LogP contribution in [-0.4, -0.2) is 19.5 Å². The van der Waals surface area contributed by atoms with E-state index in [0.29, 0.717) is 44.2 Å². The van der Waals surface area contributed by atoms with Gasteiger partial charge in [0, 0.05) is 10.4 Å². The second-order valence-corrected chi connectivity index (χ2v) is 8.62. The third-order valence-electron chi connectivity index (χ3n) is 5.23. The summed E-state index contributed by atoms with van der Waals surface area (Å²) in [6.45, 7) is 1.89. The number of rotatable bonds is 4. The van der Waals surface area contributed by atoms with Crippen molar-refractivity contribution in [1.29, 1.82) is 0 Å². The van der Waals surface area contributed by atoms with Gasteiger partial charge in [-0.2, -0.15) is 0 Å². The fourth-order valence-electron chi connectivity index (χ4n) is 3.60. The normalized spacial score (nSPS) is 11.3. The molecular weight excluding hydrogens is 442 g/mol. The molecule has 0 bridgehead atoms. The van der Waals surface area contributed by atoms with E-state index in [1.165, 1.54) is 11.8 Å². The fraction of sp³-hybridized carbons (Fsp3) is 0.0833. The van der Waals surface area contributed by atoms with E-state index < -0.39 is 0 Å². The van der Waals surface area contributed by atoms with Crippen LogP contribution in [-0.2, 0) is 5.75 Å². The van der Waals surface area contributed by atoms with E-state index in [-0.39, 0.29) is 5.56 Å². The molecule has 0 saturated carbocycles. The minimum Gasteiger partial charge on any atom is -0.383 e. The van der Waals surface area contributed by atoms with Crippen LogP contribution in [0.25, 0.3) is 27.5 Å². The highest BCUT2D eigenvalue weighted by atomic mass is 35.5. The molecule has 158 valence electrons. The van der Waals surface area contributed by atoms with Gasteiger partial charge in [0.1, 0.15) is 11.6 Å². The number of fused-ring (bicyclic) bond motifs is 2. The van der Waals surface area contributed by atoms with Crippen LogP contribution in [0.4, 0.5) is 5.82 Å². The summed E-state index contributed by atoms with van der Waals surface area (Å²) >= 11 is 7.74. The molecule has 0 fully saturated rings. The standard InChI is InChI=1S/C24H18ClN5OS/c1-14-17(25)9-6-12-20(14)30-23(31)16-8-3-5-11-19(16)28-24(30)32-13-21-27-18-10-4-2-7-15(18)22(26)29-21/h2-12H,13H2,1H3,(H2,26,27,29). The Hall–Kier alpha value is -3.42. The van der Waals surface area contributed by atoms with Crippen LogP contribution in [0.2, 0.25) is 5.02 Å². The van der Waals surface area contributed by atoms with Gasteiger partial charge in [-0.25, -0.2) is 15.0 Å². The number of halogens is 1. The molecule has 0 radical (unpaired) electrons. The Morgan fingerprint density at radius 3 is 2.38 bits per heavy atom. The highest BCUT2D eigenvalue weighted by Crippen LogP contribution is 2.28. The van der Waals surface area contributed by atoms with Crippen molar-refractivity contribution in [3.8, 4) is 5.69 Å². The molecule has 5 rings (SSSR count). The average Bonchev–Trinajstić information content (AvgIpc) is 2.80. The fourth-order valence-corrected chi connectivity index (χ4v) is 4.63. The largest absolute Gasteiger partial charge is 0.383 e. The average molecular weight is 460 g/mol. The molecule has 32 heavy (non-hydrogen) atoms. The van der Waals surface area contributed by atoms with E-state index in [1.807, 2.05) is 61.5 Å². The molecule has 0 unspecified atom stereocenters. The van der Waals surface area contributed by atoms with E-state index in [9.17, 15) is 4.79 Å². The SMILES string of the molecule is Cc1c(Cl)cccc1-n1c(SCc2nc(N)c3ccccc3n2)nc2ccccc2c1=O. The molecule has 2 N–H and O–H groups in total. The maximum absolute atomic E-state index is 13.5. The zero-order valence-corrected chi connectivity index (χ0v) is 18.7. The van der Waals surface area contributed by atoms with Gasteiger partial charge in [-0.1, -0.05) is 53.7 Å². The lowest BCUT2D eigenvalue weighted by Gasteiger charge is -2.15. The molecule has 0 spiro atoms. The van der Waals surface area contributed by atoms with Crippen molar-refractivity contribution in [3.05, 3.63) is 93.5 Å². The van der Waals surface area contributed by atoms with Crippen molar-refractivity contribution in [2.24, 2.45) is 0 Å². The number of aromatic nitrogens is 4. The number of para-hydroxylation sites is 2. The Balaban J connectivity index is 1.63. The Morgan fingerprint density at radius 2 is 1.59 bits per heavy atom. The van der Waals surface area contributed by atoms with Crippen LogP contribution in [0, 0.1) is 6.92 Å². The van der Waals surface area contributed by atoms with Crippen molar-refractivity contribution >= 4 is 51.0 Å². The molecule has 0 atom stereocenters. The summed E-state index contributed by atoms with van der Waals surface area (Å²) in [4.78, 5) is 27.3. The first kappa shape index (κ1) is 20.5. The van der Waals surface area contributed by atoms with Crippen LogP contribution >= 0.6 is 23.4 Å². The lowest BCUT2D eigenvalue weighted by molar-refractivity contribution is 0.813. The smallest absolute Gasteiger partial charge is 0.266 e. The van der Waals surface area contributed by atoms with Gasteiger partial charge in [-0.3, -0.25) is 9.36 Å². The van der Waals surface area contributed by atoms with Gasteiger partial charge >= 0.3 is 0 Å². The Labute approximate surface area is 193 Å². The number of nitrogens with zero attached hydrogens (tertiary/aromatic N) is 4. The number of nitrogens with two attached hydrogens (primary N) is 1. The zero-order chi connectivity index (χ0) is 22.2. The van der Waals surface area contributed by atoms with Crippen LogP contribution in [0.1, 0.15) is 11.4 Å². The highest BCUT2D eigenvalue weighted by molar-refractivity contribution is 7.98. The molecule has 8 heteroatoms. The molecule has 3 aromatic carbocycles. The van der Waals surface area contributed by atoms with E-state index in [4.69, 9.17) is 22.3 Å². The Morgan fingerprint density at radius 1 is 0.906 bits per heavy atom. The Kier molecular flexibility index (Phi) is 5.28. The molecule has 5 aromatic rings. The minimum absolute atomic E-state index is 0.151. The Bertz CT molecular complexity index is 1550.